The van der Waals surface area contributed by atoms with Crippen molar-refractivity contribution in [3.63, 3.8) is 0 Å². The summed E-state index contributed by atoms with van der Waals surface area (Å²) in [5.41, 5.74) is 6.60. The molecule has 1 aliphatic carbocycles. The first-order chi connectivity index (χ1) is 17.2. The molecule has 0 saturated carbocycles. The number of carbonyl (C=O) groups excluding carboxylic acids is 3. The zero-order valence-corrected chi connectivity index (χ0v) is 21.4. The lowest BCUT2D eigenvalue weighted by Crippen LogP contribution is -2.68. The average Bonchev–Trinajstić information content (AvgIpc) is 3.10. The second kappa shape index (κ2) is 9.09. The number of amidine groups is 1. The molecule has 4 aliphatic rings. The van der Waals surface area contributed by atoms with Gasteiger partial charge in [0.25, 0.3) is 5.91 Å². The number of rotatable bonds is 5. The minimum Gasteiger partial charge on any atom is -0.368 e. The SMILES string of the molecule is C=C(CC)[C@H]1N2CC(=O)N(CC(N)=O)N=C2C[C@@H](C2C=CC=C(Cl)C2)[C@]12C(=O)Nc1cc(Cl)ccc12. The topological polar surface area (TPSA) is 108 Å². The summed E-state index contributed by atoms with van der Waals surface area (Å²) in [6, 6.07) is 4.90. The van der Waals surface area contributed by atoms with E-state index in [0.29, 0.717) is 40.8 Å². The molecule has 36 heavy (non-hydrogen) atoms. The van der Waals surface area contributed by atoms with Gasteiger partial charge in [-0.25, -0.2) is 5.01 Å². The molecular weight excluding hydrogens is 501 g/mol. The average molecular weight is 528 g/mol. The molecule has 0 bridgehead atoms. The molecule has 3 heterocycles. The van der Waals surface area contributed by atoms with Gasteiger partial charge in [-0.2, -0.15) is 5.10 Å². The monoisotopic (exact) mass is 527 g/mol. The number of piperidine rings is 1. The van der Waals surface area contributed by atoms with Crippen molar-refractivity contribution in [2.75, 3.05) is 18.4 Å². The van der Waals surface area contributed by atoms with Crippen molar-refractivity contribution in [3.05, 3.63) is 64.2 Å². The molecule has 3 aliphatic heterocycles. The number of nitrogens with two attached hydrogens (primary N) is 1. The number of fused-ring (bicyclic) bond motifs is 3. The smallest absolute Gasteiger partial charge is 0.262 e. The molecule has 10 heteroatoms. The van der Waals surface area contributed by atoms with Crippen LogP contribution in [0.2, 0.25) is 5.02 Å². The van der Waals surface area contributed by atoms with Crippen LogP contribution < -0.4 is 11.1 Å². The van der Waals surface area contributed by atoms with Gasteiger partial charge in [0.15, 0.2) is 0 Å². The van der Waals surface area contributed by atoms with Crippen LogP contribution in [-0.4, -0.2) is 52.6 Å². The number of allylic oxidation sites excluding steroid dienone is 4. The van der Waals surface area contributed by atoms with Crippen molar-refractivity contribution in [1.82, 2.24) is 9.91 Å². The summed E-state index contributed by atoms with van der Waals surface area (Å²) in [6.07, 6.45) is 7.42. The summed E-state index contributed by atoms with van der Waals surface area (Å²) in [4.78, 5) is 40.7. The molecular formula is C26H27Cl2N5O3. The Balaban J connectivity index is 1.74. The molecule has 1 aromatic carbocycles. The summed E-state index contributed by atoms with van der Waals surface area (Å²) < 4.78 is 0. The van der Waals surface area contributed by atoms with Gasteiger partial charge in [-0.05, 0) is 48.4 Å². The Labute approximate surface area is 219 Å². The Morgan fingerprint density at radius 1 is 1.31 bits per heavy atom. The third kappa shape index (κ3) is 3.74. The van der Waals surface area contributed by atoms with Crippen LogP contribution in [0.3, 0.4) is 0 Å². The fourth-order valence-electron chi connectivity index (χ4n) is 6.18. The van der Waals surface area contributed by atoms with Gasteiger partial charge >= 0.3 is 0 Å². The number of anilines is 1. The molecule has 1 fully saturated rings. The molecule has 1 unspecified atom stereocenters. The van der Waals surface area contributed by atoms with Gasteiger partial charge < -0.3 is 16.0 Å². The van der Waals surface area contributed by atoms with Crippen molar-refractivity contribution in [2.45, 2.75) is 37.6 Å². The highest BCUT2D eigenvalue weighted by atomic mass is 35.5. The minimum absolute atomic E-state index is 0.0400. The van der Waals surface area contributed by atoms with Gasteiger partial charge in [0.2, 0.25) is 11.8 Å². The van der Waals surface area contributed by atoms with E-state index in [1.165, 1.54) is 0 Å². The second-order valence-corrected chi connectivity index (χ2v) is 10.6. The van der Waals surface area contributed by atoms with Crippen LogP contribution in [0.5, 0.6) is 0 Å². The first-order valence-corrected chi connectivity index (χ1v) is 12.7. The van der Waals surface area contributed by atoms with Crippen molar-refractivity contribution in [1.29, 1.82) is 0 Å². The minimum atomic E-state index is -1.05. The van der Waals surface area contributed by atoms with Gasteiger partial charge in [-0.15, -0.1) is 0 Å². The lowest BCUT2D eigenvalue weighted by molar-refractivity contribution is -0.139. The highest BCUT2D eigenvalue weighted by molar-refractivity contribution is 6.31. The molecule has 1 spiro atoms. The zero-order valence-electron chi connectivity index (χ0n) is 19.8. The maximum Gasteiger partial charge on any atom is 0.262 e. The van der Waals surface area contributed by atoms with Gasteiger partial charge in [0.1, 0.15) is 24.3 Å². The first kappa shape index (κ1) is 24.6. The van der Waals surface area contributed by atoms with Crippen molar-refractivity contribution < 1.29 is 14.4 Å². The number of primary amides is 1. The Morgan fingerprint density at radius 3 is 2.78 bits per heavy atom. The lowest BCUT2D eigenvalue weighted by Gasteiger charge is -2.56. The van der Waals surface area contributed by atoms with Crippen LogP contribution in [0.4, 0.5) is 5.69 Å². The van der Waals surface area contributed by atoms with Gasteiger partial charge in [-0.1, -0.05) is 60.5 Å². The Bertz CT molecular complexity index is 1270. The summed E-state index contributed by atoms with van der Waals surface area (Å²) >= 11 is 12.8. The van der Waals surface area contributed by atoms with E-state index in [9.17, 15) is 14.4 Å². The third-order valence-corrected chi connectivity index (χ3v) is 8.19. The van der Waals surface area contributed by atoms with Crippen LogP contribution >= 0.6 is 23.2 Å². The number of hydrogen-bond donors (Lipinski definition) is 2. The van der Waals surface area contributed by atoms with E-state index < -0.39 is 17.4 Å². The quantitative estimate of drug-likeness (QED) is 0.571. The largest absolute Gasteiger partial charge is 0.368 e. The molecule has 4 atom stereocenters. The maximum atomic E-state index is 14.2. The molecule has 5 rings (SSSR count). The van der Waals surface area contributed by atoms with Gasteiger partial charge in [-0.3, -0.25) is 14.4 Å². The molecule has 0 radical (unpaired) electrons. The normalized spacial score (nSPS) is 28.9. The fraction of sp³-hybridized carbons (Fsp3) is 0.385. The fourth-order valence-corrected chi connectivity index (χ4v) is 6.60. The number of hydrogen-bond acceptors (Lipinski definition) is 5. The number of nitrogens with one attached hydrogen (secondary N) is 1. The molecule has 0 aromatic heterocycles. The highest BCUT2D eigenvalue weighted by Crippen LogP contribution is 2.57. The van der Waals surface area contributed by atoms with E-state index in [-0.39, 0.29) is 36.7 Å². The predicted octanol–water partition coefficient (Wildman–Crippen LogP) is 3.53. The summed E-state index contributed by atoms with van der Waals surface area (Å²) in [7, 11) is 0. The van der Waals surface area contributed by atoms with E-state index in [0.717, 1.165) is 16.1 Å². The summed E-state index contributed by atoms with van der Waals surface area (Å²) in [5.74, 6) is -0.875. The Kier molecular flexibility index (Phi) is 6.21. The van der Waals surface area contributed by atoms with E-state index >= 15 is 0 Å². The van der Waals surface area contributed by atoms with Crippen molar-refractivity contribution in [2.24, 2.45) is 22.7 Å². The molecule has 8 nitrogen and oxygen atoms in total. The van der Waals surface area contributed by atoms with E-state index in [1.807, 2.05) is 30.0 Å². The molecule has 3 N–H and O–H groups in total. The molecule has 188 valence electrons. The molecule has 1 saturated heterocycles. The number of nitrogens with zero attached hydrogens (tertiary/aromatic N) is 3. The van der Waals surface area contributed by atoms with Crippen molar-refractivity contribution in [3.8, 4) is 0 Å². The van der Waals surface area contributed by atoms with Crippen LogP contribution in [-0.2, 0) is 19.8 Å². The first-order valence-electron chi connectivity index (χ1n) is 11.9. The summed E-state index contributed by atoms with van der Waals surface area (Å²) in [5, 5.41) is 9.99. The molecule has 1 aromatic rings. The number of hydrazone groups is 1. The second-order valence-electron chi connectivity index (χ2n) is 9.67. The summed E-state index contributed by atoms with van der Waals surface area (Å²) in [6.45, 7) is 6.00. The standard InChI is InChI=1S/C26H27Cl2N5O3/c1-3-14(2)24-26(18-8-7-17(28)10-20(18)30-25(26)36)19(15-5-4-6-16(27)9-15)11-22-31-33(12-21(29)34)23(35)13-32(22)24/h4-8,10,15,19,24H,2-3,9,11-13H2,1H3,(H2,29,34)(H,30,36)/t15?,19-,24+,26-/m0/s1. The number of halogens is 2. The number of benzene rings is 1. The van der Waals surface area contributed by atoms with E-state index in [1.54, 1.807) is 12.1 Å². The van der Waals surface area contributed by atoms with Crippen LogP contribution in [0.15, 0.2) is 58.7 Å². The Hall–Kier alpha value is -3.10. The maximum absolute atomic E-state index is 14.2. The zero-order chi connectivity index (χ0) is 25.8. The van der Waals surface area contributed by atoms with E-state index in [2.05, 4.69) is 23.1 Å². The number of amides is 3. The number of carbonyl (C=O) groups is 3. The van der Waals surface area contributed by atoms with Gasteiger partial charge in [0, 0.05) is 22.2 Å². The Morgan fingerprint density at radius 2 is 2.08 bits per heavy atom. The molecule has 3 amide bonds. The van der Waals surface area contributed by atoms with E-state index in [4.69, 9.17) is 28.9 Å². The van der Waals surface area contributed by atoms with Crippen LogP contribution in [0.25, 0.3) is 0 Å². The van der Waals surface area contributed by atoms with Crippen molar-refractivity contribution >= 4 is 52.4 Å². The third-order valence-electron chi connectivity index (χ3n) is 7.67. The lowest BCUT2D eigenvalue weighted by atomic mass is 9.56. The van der Waals surface area contributed by atoms with Gasteiger partial charge in [0.05, 0.1) is 6.04 Å². The van der Waals surface area contributed by atoms with Crippen LogP contribution in [0, 0.1) is 11.8 Å². The predicted molar refractivity (Wildman–Crippen MR) is 139 cm³/mol. The highest BCUT2D eigenvalue weighted by Gasteiger charge is 2.64. The van der Waals surface area contributed by atoms with Crippen LogP contribution in [0.1, 0.15) is 31.7 Å².